The maximum absolute atomic E-state index is 13.0. The molecule has 1 aromatic rings. The number of methoxy groups -OCH3 is 1. The Morgan fingerprint density at radius 1 is 1.08 bits per heavy atom. The molecule has 1 aliphatic rings. The Hall–Kier alpha value is -1.55. The molecule has 4 nitrogen and oxygen atoms in total. The second-order valence-electron chi connectivity index (χ2n) is 8.40. The van der Waals surface area contributed by atoms with Crippen molar-refractivity contribution in [1.29, 1.82) is 0 Å². The largest absolute Gasteiger partial charge is 0.490 e. The van der Waals surface area contributed by atoms with Crippen LogP contribution < -0.4 is 10.1 Å². The van der Waals surface area contributed by atoms with E-state index in [-0.39, 0.29) is 5.91 Å². The second-order valence-corrected chi connectivity index (χ2v) is 8.40. The van der Waals surface area contributed by atoms with Crippen molar-refractivity contribution in [1.82, 2.24) is 0 Å². The van der Waals surface area contributed by atoms with E-state index in [4.69, 9.17) is 9.47 Å². The van der Waals surface area contributed by atoms with Gasteiger partial charge in [-0.3, -0.25) is 4.79 Å². The van der Waals surface area contributed by atoms with Gasteiger partial charge in [0.05, 0.1) is 6.10 Å². The van der Waals surface area contributed by atoms with Crippen molar-refractivity contribution in [2.45, 2.75) is 77.9 Å². The van der Waals surface area contributed by atoms with Crippen LogP contribution in [0.15, 0.2) is 24.3 Å². The van der Waals surface area contributed by atoms with Gasteiger partial charge in [-0.15, -0.1) is 0 Å². The molecule has 0 radical (unpaired) electrons. The molecule has 0 atom stereocenters. The second kappa shape index (κ2) is 9.40. The van der Waals surface area contributed by atoms with Gasteiger partial charge in [-0.05, 0) is 74.6 Å². The van der Waals surface area contributed by atoms with Crippen molar-refractivity contribution in [2.75, 3.05) is 12.4 Å². The lowest BCUT2D eigenvalue weighted by Crippen LogP contribution is -2.46. The van der Waals surface area contributed by atoms with Crippen molar-refractivity contribution < 1.29 is 14.3 Å². The number of benzene rings is 1. The Labute approximate surface area is 158 Å². The van der Waals surface area contributed by atoms with Crippen molar-refractivity contribution >= 4 is 11.6 Å². The molecule has 1 saturated carbocycles. The highest BCUT2D eigenvalue weighted by molar-refractivity contribution is 5.97. The summed E-state index contributed by atoms with van der Waals surface area (Å²) in [6.45, 7) is 8.49. The lowest BCUT2D eigenvalue weighted by atomic mass is 9.84. The van der Waals surface area contributed by atoms with Gasteiger partial charge in [-0.25, -0.2) is 0 Å². The van der Waals surface area contributed by atoms with E-state index in [0.717, 1.165) is 24.3 Å². The monoisotopic (exact) mass is 361 g/mol. The maximum Gasteiger partial charge on any atom is 0.256 e. The zero-order valence-electron chi connectivity index (χ0n) is 17.0. The Bertz CT molecular complexity index is 549. The van der Waals surface area contributed by atoms with Crippen LogP contribution in [-0.2, 0) is 9.53 Å². The highest BCUT2D eigenvalue weighted by Gasteiger charge is 2.39. The topological polar surface area (TPSA) is 47.6 Å². The predicted octanol–water partition coefficient (Wildman–Crippen LogP) is 5.42. The smallest absolute Gasteiger partial charge is 0.256 e. The fourth-order valence-electron chi connectivity index (χ4n) is 3.91. The highest BCUT2D eigenvalue weighted by atomic mass is 16.5. The van der Waals surface area contributed by atoms with E-state index >= 15 is 0 Å². The molecule has 0 saturated heterocycles. The highest BCUT2D eigenvalue weighted by Crippen LogP contribution is 2.31. The number of anilines is 1. The molecule has 2 rings (SSSR count). The first kappa shape index (κ1) is 20.8. The third-order valence-electron chi connectivity index (χ3n) is 5.00. The number of hydrogen-bond donors (Lipinski definition) is 1. The quantitative estimate of drug-likeness (QED) is 0.638. The molecule has 0 unspecified atom stereocenters. The lowest BCUT2D eigenvalue weighted by Gasteiger charge is -2.34. The number of carbonyl (C=O) groups excluding carboxylic acids is 1. The molecule has 146 valence electrons. The fraction of sp³-hybridized carbons (Fsp3) is 0.682. The molecule has 4 heteroatoms. The van der Waals surface area contributed by atoms with Gasteiger partial charge in [-0.1, -0.05) is 27.7 Å². The molecule has 0 heterocycles. The normalized spacial score (nSPS) is 15.7. The predicted molar refractivity (Wildman–Crippen MR) is 107 cm³/mol. The molecule has 1 fully saturated rings. The molecule has 26 heavy (non-hydrogen) atoms. The van der Waals surface area contributed by atoms with E-state index in [1.807, 2.05) is 24.3 Å². The molecule has 0 aliphatic heterocycles. The minimum Gasteiger partial charge on any atom is -0.490 e. The molecule has 1 amide bonds. The summed E-state index contributed by atoms with van der Waals surface area (Å²) in [5.74, 6) is 1.56. The van der Waals surface area contributed by atoms with Crippen LogP contribution in [0.25, 0.3) is 0 Å². The number of amides is 1. The van der Waals surface area contributed by atoms with E-state index in [9.17, 15) is 4.79 Å². The molecular weight excluding hydrogens is 326 g/mol. The molecule has 1 aliphatic carbocycles. The maximum atomic E-state index is 13.0. The summed E-state index contributed by atoms with van der Waals surface area (Å²) in [4.78, 5) is 13.0. The SMILES string of the molecule is COC(CC(C)C)(CC(C)C)C(=O)Nc1ccc(OC2CCCC2)cc1. The summed E-state index contributed by atoms with van der Waals surface area (Å²) >= 11 is 0. The van der Waals surface area contributed by atoms with Crippen LogP contribution in [0.4, 0.5) is 5.69 Å². The van der Waals surface area contributed by atoms with E-state index in [1.165, 1.54) is 12.8 Å². The zero-order valence-corrected chi connectivity index (χ0v) is 17.0. The van der Waals surface area contributed by atoms with Gasteiger partial charge in [0.25, 0.3) is 5.91 Å². The minimum absolute atomic E-state index is 0.0631. The van der Waals surface area contributed by atoms with Crippen LogP contribution in [-0.4, -0.2) is 24.7 Å². The Morgan fingerprint density at radius 2 is 1.62 bits per heavy atom. The van der Waals surface area contributed by atoms with Gasteiger partial charge in [0.2, 0.25) is 0 Å². The number of nitrogens with one attached hydrogen (secondary N) is 1. The molecule has 1 N–H and O–H groups in total. The van der Waals surface area contributed by atoms with Gasteiger partial charge in [0.1, 0.15) is 11.4 Å². The van der Waals surface area contributed by atoms with Crippen LogP contribution in [0.1, 0.15) is 66.2 Å². The summed E-state index contributed by atoms with van der Waals surface area (Å²) in [6.07, 6.45) is 6.53. The minimum atomic E-state index is -0.790. The number of hydrogen-bond acceptors (Lipinski definition) is 3. The van der Waals surface area contributed by atoms with Gasteiger partial charge < -0.3 is 14.8 Å². The van der Waals surface area contributed by atoms with Crippen molar-refractivity contribution in [3.63, 3.8) is 0 Å². The summed E-state index contributed by atoms with van der Waals surface area (Å²) in [6, 6.07) is 7.70. The zero-order chi connectivity index (χ0) is 19.2. The molecular formula is C22H35NO3. The van der Waals surface area contributed by atoms with Crippen LogP contribution in [0.5, 0.6) is 5.75 Å². The van der Waals surface area contributed by atoms with Gasteiger partial charge in [0.15, 0.2) is 0 Å². The van der Waals surface area contributed by atoms with Crippen molar-refractivity contribution in [3.8, 4) is 5.75 Å². The van der Waals surface area contributed by atoms with Gasteiger partial charge in [0, 0.05) is 12.8 Å². The van der Waals surface area contributed by atoms with E-state index in [1.54, 1.807) is 7.11 Å². The average Bonchev–Trinajstić information content (AvgIpc) is 3.08. The molecule has 0 bridgehead atoms. The first-order chi connectivity index (χ1) is 12.3. The summed E-state index contributed by atoms with van der Waals surface area (Å²) in [5, 5.41) is 3.05. The van der Waals surface area contributed by atoms with E-state index in [0.29, 0.717) is 30.8 Å². The summed E-state index contributed by atoms with van der Waals surface area (Å²) in [5.41, 5.74) is -0.0100. The van der Waals surface area contributed by atoms with E-state index < -0.39 is 5.60 Å². The lowest BCUT2D eigenvalue weighted by molar-refractivity contribution is -0.142. The first-order valence-electron chi connectivity index (χ1n) is 9.98. The van der Waals surface area contributed by atoms with Crippen molar-refractivity contribution in [3.05, 3.63) is 24.3 Å². The Morgan fingerprint density at radius 3 is 2.08 bits per heavy atom. The average molecular weight is 362 g/mol. The van der Waals surface area contributed by atoms with Gasteiger partial charge >= 0.3 is 0 Å². The van der Waals surface area contributed by atoms with Gasteiger partial charge in [-0.2, -0.15) is 0 Å². The fourth-order valence-corrected chi connectivity index (χ4v) is 3.91. The van der Waals surface area contributed by atoms with Crippen LogP contribution >= 0.6 is 0 Å². The third kappa shape index (κ3) is 5.73. The Kier molecular flexibility index (Phi) is 7.51. The Balaban J connectivity index is 2.04. The van der Waals surface area contributed by atoms with Crippen LogP contribution in [0.2, 0.25) is 0 Å². The standard InChI is InChI=1S/C22H35NO3/c1-16(2)14-22(25-5,15-17(3)4)21(24)23-18-10-12-20(13-11-18)26-19-8-6-7-9-19/h10-13,16-17,19H,6-9,14-15H2,1-5H3,(H,23,24). The first-order valence-corrected chi connectivity index (χ1v) is 9.98. The summed E-state index contributed by atoms with van der Waals surface area (Å²) in [7, 11) is 1.64. The van der Waals surface area contributed by atoms with E-state index in [2.05, 4.69) is 33.0 Å². The number of rotatable bonds is 9. The molecule has 0 spiro atoms. The number of carbonyl (C=O) groups is 1. The third-order valence-corrected chi connectivity index (χ3v) is 5.00. The molecule has 0 aromatic heterocycles. The number of ether oxygens (including phenoxy) is 2. The van der Waals surface area contributed by atoms with Crippen LogP contribution in [0.3, 0.4) is 0 Å². The molecule has 1 aromatic carbocycles. The van der Waals surface area contributed by atoms with Crippen molar-refractivity contribution in [2.24, 2.45) is 11.8 Å². The van der Waals surface area contributed by atoms with Crippen LogP contribution in [0, 0.1) is 11.8 Å². The summed E-state index contributed by atoms with van der Waals surface area (Å²) < 4.78 is 11.8.